The van der Waals surface area contributed by atoms with Crippen molar-refractivity contribution in [2.24, 2.45) is 0 Å². The molecule has 0 spiro atoms. The van der Waals surface area contributed by atoms with Gasteiger partial charge in [0.2, 0.25) is 0 Å². The normalized spacial score (nSPS) is 19.6. The Bertz CT molecular complexity index is 553. The zero-order valence-corrected chi connectivity index (χ0v) is 17.6. The number of hydrogen-bond donors (Lipinski definition) is 3. The van der Waals surface area contributed by atoms with Crippen molar-refractivity contribution in [2.45, 2.75) is 44.4 Å². The lowest BCUT2D eigenvalue weighted by molar-refractivity contribution is -0.0770. The summed E-state index contributed by atoms with van der Waals surface area (Å²) in [4.78, 5) is 2.41. The van der Waals surface area contributed by atoms with Gasteiger partial charge in [-0.25, -0.2) is 4.31 Å². The molecule has 1 aliphatic heterocycles. The lowest BCUT2D eigenvalue weighted by Crippen LogP contribution is -2.35. The van der Waals surface area contributed by atoms with E-state index in [1.165, 1.54) is 5.56 Å². The Kier molecular flexibility index (Phi) is 8.85. The van der Waals surface area contributed by atoms with Crippen LogP contribution in [0.4, 0.5) is 0 Å². The Labute approximate surface area is 168 Å². The van der Waals surface area contributed by atoms with E-state index < -0.39 is 0 Å². The fourth-order valence-electron chi connectivity index (χ4n) is 3.47. The average molecular weight is 399 g/mol. The number of aliphatic hydroxyl groups is 2. The van der Waals surface area contributed by atoms with Crippen LogP contribution in [0.15, 0.2) is 24.3 Å². The lowest BCUT2D eigenvalue weighted by atomic mass is 10.1. The molecular formula is C20H34N2O4S. The molecule has 0 saturated carbocycles. The van der Waals surface area contributed by atoms with Crippen molar-refractivity contribution in [2.75, 3.05) is 46.5 Å². The molecule has 2 rings (SSSR count). The third kappa shape index (κ3) is 7.25. The number of ether oxygens (including phenoxy) is 2. The maximum absolute atomic E-state index is 9.18. The first-order valence-corrected chi connectivity index (χ1v) is 10.0. The zero-order chi connectivity index (χ0) is 19.9. The van der Waals surface area contributed by atoms with Crippen LogP contribution in [-0.2, 0) is 4.74 Å². The topological polar surface area (TPSA) is 65.4 Å². The molecule has 1 saturated heterocycles. The second-order valence-electron chi connectivity index (χ2n) is 7.75. The molecular weight excluding hydrogens is 364 g/mol. The molecule has 0 aromatic heterocycles. The van der Waals surface area contributed by atoms with E-state index in [1.807, 2.05) is 37.3 Å². The van der Waals surface area contributed by atoms with Gasteiger partial charge in [0.15, 0.2) is 0 Å². The van der Waals surface area contributed by atoms with Crippen molar-refractivity contribution < 1.29 is 19.7 Å². The summed E-state index contributed by atoms with van der Waals surface area (Å²) in [5.74, 6) is 0.758. The second-order valence-corrected chi connectivity index (χ2v) is 8.38. The van der Waals surface area contributed by atoms with Gasteiger partial charge in [-0.05, 0) is 51.4 Å². The Morgan fingerprint density at radius 1 is 1.26 bits per heavy atom. The fourth-order valence-corrected chi connectivity index (χ4v) is 3.68. The van der Waals surface area contributed by atoms with Crippen molar-refractivity contribution in [1.82, 2.24) is 9.21 Å². The van der Waals surface area contributed by atoms with Gasteiger partial charge >= 0.3 is 0 Å². The minimum absolute atomic E-state index is 0.0110. The number of likely N-dealkylation sites (N-methyl/N-ethyl adjacent to an activating group) is 1. The molecule has 0 unspecified atom stereocenters. The lowest BCUT2D eigenvalue weighted by Gasteiger charge is -2.30. The maximum atomic E-state index is 9.18. The molecule has 154 valence electrons. The van der Waals surface area contributed by atoms with Gasteiger partial charge in [-0.1, -0.05) is 24.9 Å². The number of rotatable bonds is 11. The van der Waals surface area contributed by atoms with Crippen LogP contribution in [0.2, 0.25) is 0 Å². The maximum Gasteiger partial charge on any atom is 0.119 e. The van der Waals surface area contributed by atoms with Crippen LogP contribution in [0.5, 0.6) is 5.75 Å². The Morgan fingerprint density at radius 2 is 1.96 bits per heavy atom. The number of nitrogens with zero attached hydrogens (tertiary/aromatic N) is 2. The Hall–Kier alpha value is -0.830. The van der Waals surface area contributed by atoms with Crippen LogP contribution in [0.1, 0.15) is 38.3 Å². The highest BCUT2D eigenvalue weighted by Gasteiger charge is 2.31. The average Bonchev–Trinajstić information content (AvgIpc) is 3.04. The molecule has 2 atom stereocenters. The van der Waals surface area contributed by atoms with Gasteiger partial charge < -0.3 is 19.7 Å². The summed E-state index contributed by atoms with van der Waals surface area (Å²) in [6, 6.07) is 8.13. The SMILES string of the molecule is CN(S)[C@H](CN1CC[C@H](OC(C)(C)CCO)C1)c1ccc(OCCO)cc1. The molecule has 1 heterocycles. The van der Waals surface area contributed by atoms with Gasteiger partial charge in [0, 0.05) is 26.2 Å². The first-order valence-electron chi connectivity index (χ1n) is 9.61. The quantitative estimate of drug-likeness (QED) is 0.496. The summed E-state index contributed by atoms with van der Waals surface area (Å²) < 4.78 is 13.6. The van der Waals surface area contributed by atoms with Gasteiger partial charge in [0.05, 0.1) is 24.4 Å². The van der Waals surface area contributed by atoms with Crippen LogP contribution < -0.4 is 4.74 Å². The number of hydrogen-bond acceptors (Lipinski definition) is 7. The van der Waals surface area contributed by atoms with Gasteiger partial charge in [-0.2, -0.15) is 0 Å². The third-order valence-corrected chi connectivity index (χ3v) is 5.21. The van der Waals surface area contributed by atoms with E-state index in [2.05, 4.69) is 29.8 Å². The molecule has 27 heavy (non-hydrogen) atoms. The molecule has 6 nitrogen and oxygen atoms in total. The van der Waals surface area contributed by atoms with E-state index in [0.29, 0.717) is 13.0 Å². The number of thiol groups is 1. The smallest absolute Gasteiger partial charge is 0.119 e. The van der Waals surface area contributed by atoms with E-state index in [4.69, 9.17) is 14.6 Å². The van der Waals surface area contributed by atoms with Crippen molar-refractivity contribution >= 4 is 12.8 Å². The van der Waals surface area contributed by atoms with Gasteiger partial charge in [0.25, 0.3) is 0 Å². The van der Waals surface area contributed by atoms with E-state index in [0.717, 1.165) is 31.8 Å². The predicted octanol–water partition coefficient (Wildman–Crippen LogP) is 2.13. The van der Waals surface area contributed by atoms with E-state index in [1.54, 1.807) is 0 Å². The van der Waals surface area contributed by atoms with Crippen molar-refractivity contribution in [3.8, 4) is 5.75 Å². The van der Waals surface area contributed by atoms with Crippen molar-refractivity contribution in [3.05, 3.63) is 29.8 Å². The highest BCUT2D eigenvalue weighted by molar-refractivity contribution is 7.77. The van der Waals surface area contributed by atoms with Crippen LogP contribution in [0.25, 0.3) is 0 Å². The van der Waals surface area contributed by atoms with Crippen molar-refractivity contribution in [1.29, 1.82) is 0 Å². The molecule has 1 aliphatic rings. The van der Waals surface area contributed by atoms with Crippen LogP contribution in [0, 0.1) is 0 Å². The number of benzene rings is 1. The minimum atomic E-state index is -0.292. The number of likely N-dealkylation sites (tertiary alicyclic amines) is 1. The summed E-state index contributed by atoms with van der Waals surface area (Å²) in [6.07, 6.45) is 1.86. The van der Waals surface area contributed by atoms with Crippen molar-refractivity contribution in [3.63, 3.8) is 0 Å². The molecule has 0 aliphatic carbocycles. The van der Waals surface area contributed by atoms with Crippen LogP contribution in [-0.4, -0.2) is 77.6 Å². The van der Waals surface area contributed by atoms with E-state index in [-0.39, 0.29) is 31.0 Å². The van der Waals surface area contributed by atoms with Gasteiger partial charge in [0.1, 0.15) is 12.4 Å². The first-order chi connectivity index (χ1) is 12.8. The van der Waals surface area contributed by atoms with Crippen LogP contribution in [0.3, 0.4) is 0 Å². The highest BCUT2D eigenvalue weighted by atomic mass is 32.1. The standard InChI is InChI=1S/C20H34N2O4S/c1-20(2,9-11-23)26-18-8-10-22(14-18)15-19(21(3)27)16-4-6-17(7-5-16)25-13-12-24/h4-7,18-19,23-24,27H,8-15H2,1-3H3/t18-,19+/m0/s1. The molecule has 0 amide bonds. The van der Waals surface area contributed by atoms with E-state index in [9.17, 15) is 5.11 Å². The zero-order valence-electron chi connectivity index (χ0n) is 16.7. The minimum Gasteiger partial charge on any atom is -0.491 e. The predicted molar refractivity (Wildman–Crippen MR) is 110 cm³/mol. The molecule has 0 bridgehead atoms. The number of aliphatic hydroxyl groups excluding tert-OH is 2. The summed E-state index contributed by atoms with van der Waals surface area (Å²) in [7, 11) is 1.97. The monoisotopic (exact) mass is 398 g/mol. The van der Waals surface area contributed by atoms with Crippen LogP contribution >= 0.6 is 12.8 Å². The molecule has 1 aromatic carbocycles. The largest absolute Gasteiger partial charge is 0.491 e. The summed E-state index contributed by atoms with van der Waals surface area (Å²) in [5.41, 5.74) is 0.883. The Morgan fingerprint density at radius 3 is 2.56 bits per heavy atom. The Balaban J connectivity index is 1.93. The summed E-state index contributed by atoms with van der Waals surface area (Å²) >= 11 is 4.56. The summed E-state index contributed by atoms with van der Waals surface area (Å²) in [5, 5.41) is 18.0. The molecule has 7 heteroatoms. The molecule has 1 aromatic rings. The van der Waals surface area contributed by atoms with Gasteiger partial charge in [-0.15, -0.1) is 0 Å². The first kappa shape index (κ1) is 22.5. The molecule has 1 fully saturated rings. The van der Waals surface area contributed by atoms with E-state index >= 15 is 0 Å². The molecule has 0 radical (unpaired) electrons. The third-order valence-electron chi connectivity index (χ3n) is 4.94. The highest BCUT2D eigenvalue weighted by Crippen LogP contribution is 2.28. The second kappa shape index (κ2) is 10.6. The molecule has 2 N–H and O–H groups in total. The van der Waals surface area contributed by atoms with Gasteiger partial charge in [-0.3, -0.25) is 4.90 Å². The summed E-state index contributed by atoms with van der Waals surface area (Å²) in [6.45, 7) is 7.30. The fraction of sp³-hybridized carbons (Fsp3) is 0.700.